The van der Waals surface area contributed by atoms with Gasteiger partial charge in [0.1, 0.15) is 12.1 Å². The van der Waals surface area contributed by atoms with E-state index in [0.717, 1.165) is 12.1 Å². The molecule has 1 aromatic heterocycles. The smallest absolute Gasteiger partial charge is 0.416 e. The van der Waals surface area contributed by atoms with Gasteiger partial charge in [-0.2, -0.15) is 13.2 Å². The number of nitrogens with zero attached hydrogens (tertiary/aromatic N) is 2. The van der Waals surface area contributed by atoms with Gasteiger partial charge in [-0.1, -0.05) is 18.2 Å². The topological polar surface area (TPSA) is 35.0 Å². The van der Waals surface area contributed by atoms with Gasteiger partial charge in [-0.25, -0.2) is 9.97 Å². The average Bonchev–Trinajstić information content (AvgIpc) is 2.47. The van der Waals surface area contributed by atoms with Gasteiger partial charge in [0.2, 0.25) is 5.88 Å². The molecule has 0 unspecified atom stereocenters. The Balaban J connectivity index is 1.99. The van der Waals surface area contributed by atoms with Gasteiger partial charge in [0.05, 0.1) is 16.5 Å². The highest BCUT2D eigenvalue weighted by Gasteiger charge is 2.30. The van der Waals surface area contributed by atoms with Gasteiger partial charge in [0, 0.05) is 0 Å². The van der Waals surface area contributed by atoms with Crippen molar-refractivity contribution in [2.24, 2.45) is 0 Å². The zero-order valence-electron chi connectivity index (χ0n) is 10.6. The van der Waals surface area contributed by atoms with Crippen LogP contribution in [0, 0.1) is 0 Å². The third-order valence-corrected chi connectivity index (χ3v) is 2.88. The first-order chi connectivity index (χ1) is 10.0. The first kappa shape index (κ1) is 13.4. The normalized spacial score (nSPS) is 11.6. The molecule has 2 aromatic carbocycles. The molecule has 0 N–H and O–H groups in total. The summed E-state index contributed by atoms with van der Waals surface area (Å²) in [6, 6.07) is 11.8. The minimum absolute atomic E-state index is 0.0775. The highest BCUT2D eigenvalue weighted by molar-refractivity contribution is 5.83. The fourth-order valence-electron chi connectivity index (χ4n) is 1.91. The Morgan fingerprint density at radius 3 is 2.52 bits per heavy atom. The van der Waals surface area contributed by atoms with E-state index in [1.165, 1.54) is 18.5 Å². The van der Waals surface area contributed by atoms with E-state index in [-0.39, 0.29) is 11.6 Å². The van der Waals surface area contributed by atoms with E-state index in [4.69, 9.17) is 4.74 Å². The molecule has 3 rings (SSSR count). The van der Waals surface area contributed by atoms with Gasteiger partial charge < -0.3 is 4.74 Å². The van der Waals surface area contributed by atoms with Crippen LogP contribution in [0.3, 0.4) is 0 Å². The van der Waals surface area contributed by atoms with Crippen molar-refractivity contribution >= 4 is 10.9 Å². The monoisotopic (exact) mass is 290 g/mol. The Labute approximate surface area is 118 Å². The number of para-hydroxylation sites is 1. The zero-order chi connectivity index (χ0) is 14.9. The lowest BCUT2D eigenvalue weighted by molar-refractivity contribution is -0.137. The van der Waals surface area contributed by atoms with Crippen LogP contribution < -0.4 is 4.74 Å². The first-order valence-corrected chi connectivity index (χ1v) is 6.09. The Morgan fingerprint density at radius 1 is 0.905 bits per heavy atom. The van der Waals surface area contributed by atoms with Gasteiger partial charge in [-0.15, -0.1) is 0 Å². The van der Waals surface area contributed by atoms with E-state index in [0.29, 0.717) is 10.9 Å². The molecule has 0 aliphatic rings. The number of benzene rings is 2. The molecule has 0 radical (unpaired) electrons. The molecule has 0 saturated heterocycles. The Bertz CT molecular complexity index is 782. The molecule has 0 saturated carbocycles. The number of fused-ring (bicyclic) bond motifs is 1. The second-order valence-electron chi connectivity index (χ2n) is 4.32. The Hall–Kier alpha value is -2.63. The zero-order valence-corrected chi connectivity index (χ0v) is 10.6. The number of ether oxygens (including phenoxy) is 1. The fraction of sp³-hybridized carbons (Fsp3) is 0.0667. The summed E-state index contributed by atoms with van der Waals surface area (Å²) >= 11 is 0. The van der Waals surface area contributed by atoms with Gasteiger partial charge in [-0.05, 0) is 30.3 Å². The largest absolute Gasteiger partial charge is 0.438 e. The summed E-state index contributed by atoms with van der Waals surface area (Å²) in [4.78, 5) is 8.05. The average molecular weight is 290 g/mol. The maximum atomic E-state index is 12.7. The second-order valence-corrected chi connectivity index (χ2v) is 4.32. The van der Waals surface area contributed by atoms with E-state index in [1.54, 1.807) is 18.2 Å². The molecule has 0 spiro atoms. The van der Waals surface area contributed by atoms with Crippen LogP contribution in [0.1, 0.15) is 5.56 Å². The number of alkyl halides is 3. The van der Waals surface area contributed by atoms with Gasteiger partial charge in [0.25, 0.3) is 0 Å². The van der Waals surface area contributed by atoms with Crippen LogP contribution in [0.25, 0.3) is 10.9 Å². The van der Waals surface area contributed by atoms with Gasteiger partial charge in [0.15, 0.2) is 0 Å². The van der Waals surface area contributed by atoms with Crippen molar-refractivity contribution in [1.29, 1.82) is 0 Å². The fourth-order valence-corrected chi connectivity index (χ4v) is 1.91. The molecule has 3 aromatic rings. The lowest BCUT2D eigenvalue weighted by Crippen LogP contribution is -2.04. The first-order valence-electron chi connectivity index (χ1n) is 6.09. The van der Waals surface area contributed by atoms with Crippen LogP contribution in [0.4, 0.5) is 13.2 Å². The minimum atomic E-state index is -4.41. The number of halogens is 3. The molecule has 106 valence electrons. The molecule has 0 fully saturated rings. The molecule has 6 heteroatoms. The molecule has 0 aliphatic heterocycles. The van der Waals surface area contributed by atoms with Crippen LogP contribution in [0.5, 0.6) is 11.6 Å². The molecular formula is C15H9F3N2O. The Kier molecular flexibility index (Phi) is 3.21. The Morgan fingerprint density at radius 2 is 1.71 bits per heavy atom. The predicted octanol–water partition coefficient (Wildman–Crippen LogP) is 4.44. The van der Waals surface area contributed by atoms with Crippen LogP contribution in [-0.4, -0.2) is 9.97 Å². The molecule has 1 heterocycles. The van der Waals surface area contributed by atoms with E-state index < -0.39 is 11.7 Å². The van der Waals surface area contributed by atoms with E-state index >= 15 is 0 Å². The molecule has 0 aliphatic carbocycles. The third kappa shape index (κ3) is 2.79. The summed E-state index contributed by atoms with van der Waals surface area (Å²) in [5.74, 6) is 0.300. The molecule has 0 atom stereocenters. The van der Waals surface area contributed by atoms with Crippen LogP contribution >= 0.6 is 0 Å². The lowest BCUT2D eigenvalue weighted by atomic mass is 10.2. The summed E-state index contributed by atoms with van der Waals surface area (Å²) in [6.07, 6.45) is -3.10. The van der Waals surface area contributed by atoms with Gasteiger partial charge >= 0.3 is 6.18 Å². The molecule has 21 heavy (non-hydrogen) atoms. The quantitative estimate of drug-likeness (QED) is 0.699. The number of aromatic nitrogens is 2. The van der Waals surface area contributed by atoms with Crippen molar-refractivity contribution < 1.29 is 17.9 Å². The molecule has 3 nitrogen and oxygen atoms in total. The van der Waals surface area contributed by atoms with Crippen molar-refractivity contribution in [2.45, 2.75) is 6.18 Å². The molecule has 0 amide bonds. The number of hydrogen-bond donors (Lipinski definition) is 0. The minimum Gasteiger partial charge on any atom is -0.438 e. The van der Waals surface area contributed by atoms with Crippen molar-refractivity contribution in [3.8, 4) is 11.6 Å². The number of hydrogen-bond acceptors (Lipinski definition) is 3. The summed E-state index contributed by atoms with van der Waals surface area (Å²) in [5.41, 5.74) is -0.104. The van der Waals surface area contributed by atoms with Crippen molar-refractivity contribution in [3.63, 3.8) is 0 Å². The second kappa shape index (κ2) is 5.05. The maximum Gasteiger partial charge on any atom is 0.416 e. The third-order valence-electron chi connectivity index (χ3n) is 2.88. The molecular weight excluding hydrogens is 281 g/mol. The molecule has 0 bridgehead atoms. The van der Waals surface area contributed by atoms with E-state index in [9.17, 15) is 13.2 Å². The standard InChI is InChI=1S/C15H9F3N2O/c16-15(17,18)10-4-3-5-11(8-10)21-14-12-6-1-2-7-13(12)19-9-20-14/h1-9H. The highest BCUT2D eigenvalue weighted by Crippen LogP contribution is 2.33. The summed E-state index contributed by atoms with van der Waals surface area (Å²) in [7, 11) is 0. The van der Waals surface area contributed by atoms with Crippen molar-refractivity contribution in [3.05, 3.63) is 60.4 Å². The van der Waals surface area contributed by atoms with Crippen LogP contribution in [-0.2, 0) is 6.18 Å². The summed E-state index contributed by atoms with van der Waals surface area (Å²) in [6.45, 7) is 0. The SMILES string of the molecule is FC(F)(F)c1cccc(Oc2ncnc3ccccc23)c1. The van der Waals surface area contributed by atoms with Crippen LogP contribution in [0.2, 0.25) is 0 Å². The van der Waals surface area contributed by atoms with Crippen molar-refractivity contribution in [2.75, 3.05) is 0 Å². The van der Waals surface area contributed by atoms with Crippen LogP contribution in [0.15, 0.2) is 54.9 Å². The predicted molar refractivity (Wildman–Crippen MR) is 71.1 cm³/mol. The maximum absolute atomic E-state index is 12.7. The van der Waals surface area contributed by atoms with E-state index in [2.05, 4.69) is 9.97 Å². The summed E-state index contributed by atoms with van der Waals surface area (Å²) < 4.78 is 43.5. The highest BCUT2D eigenvalue weighted by atomic mass is 19.4. The lowest BCUT2D eigenvalue weighted by Gasteiger charge is -2.10. The number of rotatable bonds is 2. The summed E-state index contributed by atoms with van der Waals surface area (Å²) in [5, 5.41) is 0.636. The van der Waals surface area contributed by atoms with E-state index in [1.807, 2.05) is 6.07 Å². The van der Waals surface area contributed by atoms with Gasteiger partial charge in [-0.3, -0.25) is 0 Å². The van der Waals surface area contributed by atoms with Crippen molar-refractivity contribution in [1.82, 2.24) is 9.97 Å².